The number of nitrogens with zero attached hydrogens (tertiary/aromatic N) is 2. The van der Waals surface area contributed by atoms with Crippen LogP contribution in [0, 0.1) is 17.3 Å². The molecule has 0 amide bonds. The molecule has 0 bridgehead atoms. The van der Waals surface area contributed by atoms with Crippen LogP contribution in [0.2, 0.25) is 0 Å². The number of aryl methyl sites for hydroxylation is 1. The van der Waals surface area contributed by atoms with E-state index >= 15 is 0 Å². The molecule has 4 nitrogen and oxygen atoms in total. The molecule has 0 unspecified atom stereocenters. The minimum absolute atomic E-state index is 0.346. The van der Waals surface area contributed by atoms with Gasteiger partial charge in [0, 0.05) is 11.4 Å². The van der Waals surface area contributed by atoms with Gasteiger partial charge in [-0.2, -0.15) is 0 Å². The summed E-state index contributed by atoms with van der Waals surface area (Å²) in [6, 6.07) is 13.9. The first-order valence-corrected chi connectivity index (χ1v) is 5.63. The topological polar surface area (TPSA) is 52.6 Å². The van der Waals surface area contributed by atoms with Crippen molar-refractivity contribution in [3.8, 4) is 0 Å². The van der Waals surface area contributed by atoms with Crippen LogP contribution in [0.4, 0.5) is 17.1 Å². The maximum absolute atomic E-state index is 12.2. The van der Waals surface area contributed by atoms with E-state index in [2.05, 4.69) is 0 Å². The molecule has 0 saturated carbocycles. The molecule has 0 spiro atoms. The maximum Gasteiger partial charge on any atom is 0.0533 e. The molecule has 4 heteroatoms. The number of rotatable bonds is 3. The summed E-state index contributed by atoms with van der Waals surface area (Å²) in [6.07, 6.45) is 0. The average Bonchev–Trinajstić information content (AvgIpc) is 2.39. The number of hydrogen-bond acceptors (Lipinski definition) is 4. The zero-order chi connectivity index (χ0) is 13.1. The lowest BCUT2D eigenvalue weighted by molar-refractivity contribution is 1.18. The Bertz CT molecular complexity index is 524. The monoisotopic (exact) mass is 242 g/mol. The highest BCUT2D eigenvalue weighted by molar-refractivity contribution is 5.77. The molecule has 0 heterocycles. The van der Waals surface area contributed by atoms with E-state index in [9.17, 15) is 10.4 Å². The lowest BCUT2D eigenvalue weighted by Gasteiger charge is -2.37. The molecule has 94 valence electrons. The van der Waals surface area contributed by atoms with Crippen molar-refractivity contribution in [2.75, 3.05) is 17.2 Å². The zero-order valence-corrected chi connectivity index (χ0v) is 10.3. The number of hydrogen-bond donors (Lipinski definition) is 0. The van der Waals surface area contributed by atoms with Crippen LogP contribution in [0.5, 0.6) is 0 Å². The third-order valence-corrected chi connectivity index (χ3v) is 2.71. The van der Waals surface area contributed by atoms with E-state index in [0.29, 0.717) is 22.1 Å². The fourth-order valence-electron chi connectivity index (χ4n) is 1.72. The summed E-state index contributed by atoms with van der Waals surface area (Å²) in [6.45, 7) is 1.96. The van der Waals surface area contributed by atoms with Crippen LogP contribution in [0.15, 0.2) is 48.5 Å². The fraction of sp³-hybridized carbons (Fsp3) is 0.143. The first kappa shape index (κ1) is 12.4. The Balaban J connectivity index is 2.39. The van der Waals surface area contributed by atoms with Crippen molar-refractivity contribution < 1.29 is 0 Å². The Morgan fingerprint density at radius 3 is 1.94 bits per heavy atom. The normalized spacial score (nSPS) is 10.2. The van der Waals surface area contributed by atoms with Gasteiger partial charge in [0.15, 0.2) is 0 Å². The molecule has 0 aliphatic heterocycles. The van der Waals surface area contributed by atoms with Crippen molar-refractivity contribution >= 4 is 17.1 Å². The van der Waals surface area contributed by atoms with Gasteiger partial charge in [-0.05, 0) is 38.2 Å². The van der Waals surface area contributed by atoms with E-state index in [1.807, 2.05) is 19.1 Å². The fourth-order valence-corrected chi connectivity index (χ4v) is 1.72. The molecule has 0 saturated heterocycles. The number of hydroxylamine groups is 1. The molecular weight excluding hydrogens is 228 g/mol. The molecule has 2 aromatic rings. The van der Waals surface area contributed by atoms with Crippen LogP contribution in [0.3, 0.4) is 0 Å². The molecular formula is C14H14N2O2-2. The Kier molecular flexibility index (Phi) is 3.50. The summed E-state index contributed by atoms with van der Waals surface area (Å²) in [7, 11) is 1.38. The second kappa shape index (κ2) is 5.08. The van der Waals surface area contributed by atoms with Crippen LogP contribution >= 0.6 is 0 Å². The average molecular weight is 242 g/mol. The number of para-hydroxylation sites is 2. The minimum Gasteiger partial charge on any atom is -0.758 e. The summed E-state index contributed by atoms with van der Waals surface area (Å²) in [5.41, 5.74) is 2.29. The van der Waals surface area contributed by atoms with Crippen molar-refractivity contribution in [3.63, 3.8) is 0 Å². The minimum atomic E-state index is 0.346. The van der Waals surface area contributed by atoms with E-state index in [1.165, 1.54) is 7.05 Å². The van der Waals surface area contributed by atoms with Gasteiger partial charge in [-0.25, -0.2) is 0 Å². The zero-order valence-electron chi connectivity index (χ0n) is 10.3. The molecule has 0 fully saturated rings. The first-order valence-electron chi connectivity index (χ1n) is 5.63. The molecule has 0 atom stereocenters. The summed E-state index contributed by atoms with van der Waals surface area (Å²) in [5, 5.41) is 25.1. The summed E-state index contributed by atoms with van der Waals surface area (Å²) >= 11 is 0. The lowest BCUT2D eigenvalue weighted by atomic mass is 10.2. The van der Waals surface area contributed by atoms with Crippen molar-refractivity contribution in [1.29, 1.82) is 0 Å². The lowest BCUT2D eigenvalue weighted by Crippen LogP contribution is -2.13. The quantitative estimate of drug-likeness (QED) is 0.772. The smallest absolute Gasteiger partial charge is 0.0533 e. The van der Waals surface area contributed by atoms with E-state index in [1.54, 1.807) is 36.4 Å². The second-order valence-electron chi connectivity index (χ2n) is 4.12. The summed E-state index contributed by atoms with van der Waals surface area (Å²) < 4.78 is 0. The molecule has 2 aromatic carbocycles. The van der Waals surface area contributed by atoms with Crippen molar-refractivity contribution in [2.45, 2.75) is 6.92 Å². The predicted molar refractivity (Wildman–Crippen MR) is 74.9 cm³/mol. The third kappa shape index (κ3) is 2.45. The second-order valence-corrected chi connectivity index (χ2v) is 4.12. The van der Waals surface area contributed by atoms with E-state index in [-0.39, 0.29) is 0 Å². The van der Waals surface area contributed by atoms with E-state index in [0.717, 1.165) is 10.6 Å². The van der Waals surface area contributed by atoms with Crippen LogP contribution < -0.4 is 10.1 Å². The van der Waals surface area contributed by atoms with Crippen molar-refractivity contribution in [1.82, 2.24) is 0 Å². The van der Waals surface area contributed by atoms with E-state index < -0.39 is 0 Å². The van der Waals surface area contributed by atoms with Gasteiger partial charge < -0.3 is 20.5 Å². The Morgan fingerprint density at radius 2 is 1.39 bits per heavy atom. The number of benzene rings is 2. The van der Waals surface area contributed by atoms with Gasteiger partial charge in [0.05, 0.1) is 5.69 Å². The third-order valence-electron chi connectivity index (χ3n) is 2.71. The van der Waals surface area contributed by atoms with Gasteiger partial charge in [-0.3, -0.25) is 0 Å². The SMILES string of the molecule is Cc1ccc(N([O-])c2ccccc2N(C)[O-])cc1. The molecule has 0 radical (unpaired) electrons. The van der Waals surface area contributed by atoms with Crippen LogP contribution in [0.1, 0.15) is 5.56 Å². The summed E-state index contributed by atoms with van der Waals surface area (Å²) in [4.78, 5) is 0. The van der Waals surface area contributed by atoms with Crippen molar-refractivity contribution in [3.05, 3.63) is 64.5 Å². The highest BCUT2D eigenvalue weighted by Gasteiger charge is 2.04. The molecule has 0 aromatic heterocycles. The van der Waals surface area contributed by atoms with Gasteiger partial charge in [0.2, 0.25) is 0 Å². The maximum atomic E-state index is 12.2. The van der Waals surface area contributed by atoms with Gasteiger partial charge in [0.1, 0.15) is 0 Å². The number of anilines is 3. The van der Waals surface area contributed by atoms with Crippen LogP contribution in [-0.4, -0.2) is 7.05 Å². The predicted octanol–water partition coefficient (Wildman–Crippen LogP) is 3.56. The molecule has 18 heavy (non-hydrogen) atoms. The Morgan fingerprint density at radius 1 is 0.833 bits per heavy atom. The Labute approximate surface area is 106 Å². The van der Waals surface area contributed by atoms with Gasteiger partial charge >= 0.3 is 0 Å². The molecule has 0 aliphatic rings. The van der Waals surface area contributed by atoms with Gasteiger partial charge in [-0.15, -0.1) is 0 Å². The van der Waals surface area contributed by atoms with Gasteiger partial charge in [0.25, 0.3) is 0 Å². The molecule has 2 rings (SSSR count). The standard InChI is InChI=1S/C14H14N2O2/c1-11-7-9-12(10-8-11)16(18)14-6-4-3-5-13(14)15(2)17/h3-10H,1-2H3/q-2. The Hall–Kier alpha value is -2.04. The van der Waals surface area contributed by atoms with Crippen molar-refractivity contribution in [2.24, 2.45) is 0 Å². The van der Waals surface area contributed by atoms with Gasteiger partial charge in [-0.1, -0.05) is 29.8 Å². The first-order chi connectivity index (χ1) is 8.59. The highest BCUT2D eigenvalue weighted by atomic mass is 16.5. The van der Waals surface area contributed by atoms with Crippen LogP contribution in [0.25, 0.3) is 0 Å². The largest absolute Gasteiger partial charge is 0.758 e. The van der Waals surface area contributed by atoms with E-state index in [4.69, 9.17) is 0 Å². The summed E-state index contributed by atoms with van der Waals surface area (Å²) in [5.74, 6) is 0. The highest BCUT2D eigenvalue weighted by Crippen LogP contribution is 2.32. The molecule has 0 N–H and O–H groups in total. The molecule has 0 aliphatic carbocycles. The van der Waals surface area contributed by atoms with Crippen LogP contribution in [-0.2, 0) is 0 Å².